The molecule has 0 radical (unpaired) electrons. The monoisotopic (exact) mass is 2020 g/mol. The van der Waals surface area contributed by atoms with E-state index in [0.717, 1.165) is 56.7 Å². The van der Waals surface area contributed by atoms with Gasteiger partial charge >= 0.3 is 24.6 Å². The van der Waals surface area contributed by atoms with Crippen molar-refractivity contribution in [2.45, 2.75) is 296 Å². The molecule has 35 heteroatoms. The molecule has 1 aliphatic heterocycles. The minimum atomic E-state index is -4.67. The lowest BCUT2D eigenvalue weighted by atomic mass is 9.88. The molecule has 0 unspecified atom stereocenters. The molecule has 0 atom stereocenters. The molecule has 2 aliphatic rings. The highest BCUT2D eigenvalue weighted by Crippen LogP contribution is 2.41. The summed E-state index contributed by atoms with van der Waals surface area (Å²) in [7, 11) is 0. The molecule has 8 aromatic rings. The maximum atomic E-state index is 13.5. The zero-order chi connectivity index (χ0) is 111. The van der Waals surface area contributed by atoms with Gasteiger partial charge in [0.2, 0.25) is 17.7 Å². The van der Waals surface area contributed by atoms with Crippen LogP contribution in [0.25, 0.3) is 17.1 Å². The Labute approximate surface area is 843 Å². The molecule has 4 aromatic heterocycles. The fourth-order valence-electron chi connectivity index (χ4n) is 13.9. The summed E-state index contributed by atoms with van der Waals surface area (Å²) in [6, 6.07) is 31.4. The highest BCUT2D eigenvalue weighted by Gasteiger charge is 2.45. The number of carbonyl (C=O) groups is 12. The van der Waals surface area contributed by atoms with Crippen molar-refractivity contribution in [1.82, 2.24) is 64.9 Å². The summed E-state index contributed by atoms with van der Waals surface area (Å²) < 4.78 is 125. The number of hydrogen-bond acceptors (Lipinski definition) is 17. The Bertz CT molecular complexity index is 5640. The van der Waals surface area contributed by atoms with E-state index in [1.54, 1.807) is 122 Å². The fraction of sp³-hybridized carbons (Fsp3) is 0.541. The first-order valence-electron chi connectivity index (χ1n) is 47.8. The number of carbonyl (C=O) groups excluding carboxylic acids is 12. The molecule has 5 N–H and O–H groups in total. The van der Waals surface area contributed by atoms with Gasteiger partial charge < -0.3 is 26.6 Å². The number of urea groups is 1. The predicted molar refractivity (Wildman–Crippen MR) is 544 cm³/mol. The number of rotatable bonds is 25. The summed E-state index contributed by atoms with van der Waals surface area (Å²) in [5.41, 5.74) is 3.89. The van der Waals surface area contributed by atoms with E-state index in [2.05, 4.69) is 42.9 Å². The van der Waals surface area contributed by atoms with Gasteiger partial charge in [-0.2, -0.15) is 59.9 Å². The normalized spacial score (nSPS) is 13.1. The van der Waals surface area contributed by atoms with Gasteiger partial charge in [-0.3, -0.25) is 62.3 Å². The number of Topliss-reactive ketones (excluding diaryl/α,β-unsaturated/α-hetero) is 7. The lowest BCUT2D eigenvalue weighted by Crippen LogP contribution is -2.37. The smallest absolute Gasteiger partial charge is 0.383 e. The van der Waals surface area contributed by atoms with Gasteiger partial charge in [0.05, 0.1) is 89.3 Å². The van der Waals surface area contributed by atoms with Gasteiger partial charge in [0.15, 0.2) is 57.6 Å². The molecule has 6 amide bonds. The maximum Gasteiger partial charge on any atom is 0.434 e. The molecule has 10 rings (SSSR count). The molecule has 1 saturated carbocycles. The van der Waals surface area contributed by atoms with Crippen molar-refractivity contribution in [2.75, 3.05) is 45.0 Å². The van der Waals surface area contributed by atoms with Gasteiger partial charge in [-0.15, -0.1) is 6.58 Å². The summed E-state index contributed by atoms with van der Waals surface area (Å²) in [5, 5.41) is 23.4. The van der Waals surface area contributed by atoms with Gasteiger partial charge in [0.25, 0.3) is 5.91 Å². The van der Waals surface area contributed by atoms with E-state index in [0.29, 0.717) is 79.9 Å². The molecular weight excluding hydrogens is 1870 g/mol. The van der Waals surface area contributed by atoms with E-state index in [9.17, 15) is 97.0 Å². The Kier molecular flexibility index (Phi) is 45.8. The first-order valence-corrected chi connectivity index (χ1v) is 47.8. The number of benzene rings is 4. The Morgan fingerprint density at radius 1 is 0.403 bits per heavy atom. The Morgan fingerprint density at radius 3 is 1.14 bits per heavy atom. The van der Waals surface area contributed by atoms with E-state index < -0.39 is 69.3 Å². The van der Waals surface area contributed by atoms with Crippen molar-refractivity contribution < 1.29 is 97.0 Å². The van der Waals surface area contributed by atoms with Crippen LogP contribution in [0.15, 0.2) is 147 Å². The molecule has 144 heavy (non-hydrogen) atoms. The molecular formula is C109H153F9N14O12. The quantitative estimate of drug-likeness (QED) is 0.0235. The fourth-order valence-corrected chi connectivity index (χ4v) is 13.9. The lowest BCUT2D eigenvalue weighted by molar-refractivity contribution is -0.146. The van der Waals surface area contributed by atoms with Crippen LogP contribution >= 0.6 is 0 Å². The predicted octanol–water partition coefficient (Wildman–Crippen LogP) is 23.9. The second-order valence-corrected chi connectivity index (χ2v) is 46.7. The Balaban J connectivity index is 0.000000426. The molecule has 5 heterocycles. The molecule has 0 spiro atoms. The average Bonchev–Trinajstić information content (AvgIpc) is 1.64. The highest BCUT2D eigenvalue weighted by molar-refractivity contribution is 6.02. The second-order valence-electron chi connectivity index (χ2n) is 46.7. The lowest BCUT2D eigenvalue weighted by Gasteiger charge is -2.24. The number of nitrogens with zero attached hydrogens (tertiary/aromatic N) is 10. The van der Waals surface area contributed by atoms with Crippen molar-refractivity contribution in [3.8, 4) is 17.1 Å². The summed E-state index contributed by atoms with van der Waals surface area (Å²) in [4.78, 5) is 143. The van der Waals surface area contributed by atoms with Crippen LogP contribution in [-0.4, -0.2) is 158 Å². The minimum Gasteiger partial charge on any atom is -0.383 e. The zero-order valence-corrected chi connectivity index (χ0v) is 89.7. The number of imide groups is 1. The van der Waals surface area contributed by atoms with Crippen molar-refractivity contribution in [2.24, 2.45) is 49.2 Å². The van der Waals surface area contributed by atoms with Crippen LogP contribution < -0.4 is 21.7 Å². The number of para-hydroxylation sites is 2. The highest BCUT2D eigenvalue weighted by atomic mass is 19.4. The van der Waals surface area contributed by atoms with Crippen molar-refractivity contribution in [3.63, 3.8) is 0 Å². The summed E-state index contributed by atoms with van der Waals surface area (Å²) in [6.07, 6.45) is -3.21. The van der Waals surface area contributed by atoms with Gasteiger partial charge in [-0.05, 0) is 139 Å². The number of aryl methyl sites for hydroxylation is 2. The average molecular weight is 2020 g/mol. The first kappa shape index (κ1) is 126. The zero-order valence-electron chi connectivity index (χ0n) is 89.7. The van der Waals surface area contributed by atoms with Crippen LogP contribution in [-0.2, 0) is 52.8 Å². The Hall–Kier alpha value is -12.3. The summed E-state index contributed by atoms with van der Waals surface area (Å²) in [5.74, 6) is -1.13. The van der Waals surface area contributed by atoms with Crippen LogP contribution in [0, 0.1) is 63.1 Å². The largest absolute Gasteiger partial charge is 0.434 e. The number of nitrogens with one attached hydrogen (secondary N) is 3. The van der Waals surface area contributed by atoms with Gasteiger partial charge in [-0.25, -0.2) is 18.8 Å². The number of ketones is 7. The number of halogens is 9. The molecule has 794 valence electrons. The summed E-state index contributed by atoms with van der Waals surface area (Å²) in [6.45, 7) is 61.9. The molecule has 4 aromatic carbocycles. The SMILES string of the molecule is C=CCN1CCN(C(=O)CC(C)(C)C)C1=O.CC(=O)NCC(=O)CC(C)(C)C.CC(C)(C)CC(=O)CNC(=O)C1CC1.CC(C)(C)CC(=O)CNC(=O)c1ccccc1.CC(C)(C)CC(=O)c1cnn(-c2ccccc2)c1N.CC(C)(C)CC(=O)c1cnn(C(C)(C)C)c1C(F)(F)F.Cc1ccc(-n2ncc(C(=O)CC(C)(C)C)c2C(F)(F)F)cc1.Cc1ccccc1-n1ncc(C(=O)CC(C)(C)C)c1C(F)(F)F. The Morgan fingerprint density at radius 2 is 0.750 bits per heavy atom. The number of anilines is 1. The molecule has 1 aliphatic carbocycles. The number of aromatic nitrogens is 8. The van der Waals surface area contributed by atoms with E-state index >= 15 is 0 Å². The van der Waals surface area contributed by atoms with Crippen LogP contribution in [0.5, 0.6) is 0 Å². The van der Waals surface area contributed by atoms with Crippen LogP contribution in [0.4, 0.5) is 50.1 Å². The van der Waals surface area contributed by atoms with E-state index in [-0.39, 0.29) is 152 Å². The van der Waals surface area contributed by atoms with Gasteiger partial charge in [0.1, 0.15) is 5.82 Å². The standard InChI is InChI=1S/2C17H19F3N2O.C15H19N3O.C14H21F3N2O.C14H19NO2.C12H20N2O2.C11H19NO2.C9H17NO2/c1-11-5-7-12(8-6-11)22-15(17(18,19)20)13(10-21-22)14(23)9-16(2,3)4;1-11-7-5-6-8-13(11)22-15(17(18,19)20)12(10-21-22)14(23)9-16(2,3)4;1-15(2,3)9-13(19)12-10-17-18(14(12)16)11-7-5-4-6-8-11;1-12(2,3)7-10(20)9-8-18-19(13(4,5)6)11(9)14(15,16)17;1-14(2,3)9-12(16)10-15-13(17)11-7-5-4-6-8-11;1-5-6-13-7-8-14(11(13)16)10(15)9-12(2,3)4;1-11(2,3)6-9(13)7-12-10(14)8-4-5-8;1-7(11)10-6-8(12)5-9(2,3)4/h2*5-8,10H,9H2,1-4H3;4-8,10H,9,16H2,1-3H3;8H,7H2,1-6H3;4-8H,9-10H2,1-3H3,(H,15,17);5H,1,6-9H2,2-4H3;8H,4-7H2,1-3H3,(H,12,14);5-6H2,1-4H3,(H,10,11). The second kappa shape index (κ2) is 52.5. The summed E-state index contributed by atoms with van der Waals surface area (Å²) >= 11 is 0. The van der Waals surface area contributed by atoms with E-state index in [4.69, 9.17) is 5.73 Å². The maximum absolute atomic E-state index is 13.5. The number of nitrogen functional groups attached to an aromatic ring is 1. The van der Waals surface area contributed by atoms with Crippen molar-refractivity contribution in [1.29, 1.82) is 0 Å². The van der Waals surface area contributed by atoms with Crippen LogP contribution in [0.1, 0.15) is 338 Å². The van der Waals surface area contributed by atoms with Gasteiger partial charge in [0, 0.05) is 89.4 Å². The third-order valence-electron chi connectivity index (χ3n) is 20.2. The molecule has 2 fully saturated rings. The van der Waals surface area contributed by atoms with Gasteiger partial charge in [-0.1, -0.05) is 245 Å². The van der Waals surface area contributed by atoms with Crippen LogP contribution in [0.3, 0.4) is 0 Å². The number of alkyl halides is 9. The third kappa shape index (κ3) is 46.6. The number of hydrogen-bond donors (Lipinski definition) is 4. The third-order valence-corrected chi connectivity index (χ3v) is 20.2. The van der Waals surface area contributed by atoms with Crippen molar-refractivity contribution in [3.05, 3.63) is 203 Å². The minimum absolute atomic E-state index is 0.00948. The van der Waals surface area contributed by atoms with Crippen molar-refractivity contribution >= 4 is 76.0 Å². The number of nitrogens with two attached hydrogens (primary N) is 1. The molecule has 1 saturated heterocycles. The number of amides is 6. The topological polar surface area (TPSA) is 345 Å². The molecule has 26 nitrogen and oxygen atoms in total. The first-order chi connectivity index (χ1) is 65.5. The van der Waals surface area contributed by atoms with E-state index in [1.165, 1.54) is 11.8 Å². The van der Waals surface area contributed by atoms with Crippen LogP contribution in [0.2, 0.25) is 0 Å². The van der Waals surface area contributed by atoms with E-state index in [1.807, 2.05) is 209 Å². The molecule has 0 bridgehead atoms.